The predicted octanol–water partition coefficient (Wildman–Crippen LogP) is 1.68. The molecular formula is C13H14N2O3. The smallest absolute Gasteiger partial charge is 0.356 e. The average molecular weight is 246 g/mol. The van der Waals surface area contributed by atoms with Crippen molar-refractivity contribution in [2.45, 2.75) is 20.5 Å². The van der Waals surface area contributed by atoms with Crippen LogP contribution in [-0.4, -0.2) is 26.0 Å². The second-order valence-corrected chi connectivity index (χ2v) is 4.13. The minimum Gasteiger partial charge on any atom is -0.476 e. The van der Waals surface area contributed by atoms with Crippen molar-refractivity contribution in [3.63, 3.8) is 0 Å². The molecule has 1 heterocycles. The molecule has 5 nitrogen and oxygen atoms in total. The molecule has 0 aliphatic heterocycles. The number of nitrogens with zero attached hydrogens (tertiary/aromatic N) is 2. The van der Waals surface area contributed by atoms with Crippen LogP contribution in [0.1, 0.15) is 27.2 Å². The molecule has 0 spiro atoms. The minimum atomic E-state index is -1.14. The van der Waals surface area contributed by atoms with Crippen molar-refractivity contribution in [3.05, 3.63) is 46.8 Å². The van der Waals surface area contributed by atoms with Gasteiger partial charge in [0.2, 0.25) is 0 Å². The van der Waals surface area contributed by atoms with E-state index in [0.717, 1.165) is 16.8 Å². The fourth-order valence-corrected chi connectivity index (χ4v) is 1.81. The van der Waals surface area contributed by atoms with Gasteiger partial charge in [-0.25, -0.2) is 9.48 Å². The molecule has 1 aromatic heterocycles. The van der Waals surface area contributed by atoms with Crippen LogP contribution >= 0.6 is 0 Å². The van der Waals surface area contributed by atoms with Crippen LogP contribution in [0.25, 0.3) is 5.69 Å². The SMILES string of the molecule is Cc1cccc(-n2cc(CO)c(C(=O)O)n2)c1C. The van der Waals surface area contributed by atoms with Gasteiger partial charge in [0.25, 0.3) is 0 Å². The highest BCUT2D eigenvalue weighted by Crippen LogP contribution is 2.19. The Morgan fingerprint density at radius 2 is 2.11 bits per heavy atom. The maximum atomic E-state index is 11.0. The van der Waals surface area contributed by atoms with E-state index < -0.39 is 5.97 Å². The Balaban J connectivity index is 2.58. The molecule has 2 aromatic rings. The molecule has 1 aromatic carbocycles. The van der Waals surface area contributed by atoms with E-state index in [0.29, 0.717) is 5.56 Å². The molecule has 18 heavy (non-hydrogen) atoms. The van der Waals surface area contributed by atoms with Crippen LogP contribution in [0.2, 0.25) is 0 Å². The third-order valence-corrected chi connectivity index (χ3v) is 2.99. The van der Waals surface area contributed by atoms with Gasteiger partial charge in [0.1, 0.15) is 0 Å². The molecule has 0 fully saturated rings. The number of carboxylic acid groups (broad SMARTS) is 1. The summed E-state index contributed by atoms with van der Waals surface area (Å²) in [5.74, 6) is -1.14. The van der Waals surface area contributed by atoms with E-state index in [9.17, 15) is 4.79 Å². The molecule has 0 saturated heterocycles. The van der Waals surface area contributed by atoms with Gasteiger partial charge in [0.05, 0.1) is 12.3 Å². The second kappa shape index (κ2) is 4.62. The number of carbonyl (C=O) groups is 1. The quantitative estimate of drug-likeness (QED) is 0.864. The first-order chi connectivity index (χ1) is 8.54. The lowest BCUT2D eigenvalue weighted by molar-refractivity contribution is 0.0686. The highest BCUT2D eigenvalue weighted by Gasteiger charge is 2.16. The van der Waals surface area contributed by atoms with Crippen molar-refractivity contribution in [3.8, 4) is 5.69 Å². The number of hydrogen-bond acceptors (Lipinski definition) is 3. The van der Waals surface area contributed by atoms with E-state index in [2.05, 4.69) is 5.10 Å². The highest BCUT2D eigenvalue weighted by atomic mass is 16.4. The first-order valence-electron chi connectivity index (χ1n) is 5.54. The fourth-order valence-electron chi connectivity index (χ4n) is 1.81. The average Bonchev–Trinajstić information content (AvgIpc) is 2.76. The summed E-state index contributed by atoms with van der Waals surface area (Å²) in [6, 6.07) is 5.73. The summed E-state index contributed by atoms with van der Waals surface area (Å²) in [7, 11) is 0. The summed E-state index contributed by atoms with van der Waals surface area (Å²) in [5, 5.41) is 22.1. The Morgan fingerprint density at radius 1 is 1.39 bits per heavy atom. The number of aliphatic hydroxyl groups is 1. The summed E-state index contributed by atoms with van der Waals surface area (Å²) in [4.78, 5) is 11.0. The van der Waals surface area contributed by atoms with Crippen molar-refractivity contribution >= 4 is 5.97 Å². The van der Waals surface area contributed by atoms with Gasteiger partial charge in [-0.3, -0.25) is 0 Å². The van der Waals surface area contributed by atoms with Gasteiger partial charge >= 0.3 is 5.97 Å². The Hall–Kier alpha value is -2.14. The van der Waals surface area contributed by atoms with Gasteiger partial charge in [0.15, 0.2) is 5.69 Å². The fraction of sp³-hybridized carbons (Fsp3) is 0.231. The lowest BCUT2D eigenvalue weighted by atomic mass is 10.1. The number of aliphatic hydroxyl groups excluding tert-OH is 1. The van der Waals surface area contributed by atoms with Crippen LogP contribution in [0.5, 0.6) is 0 Å². The van der Waals surface area contributed by atoms with Crippen molar-refractivity contribution < 1.29 is 15.0 Å². The lowest BCUT2D eigenvalue weighted by Crippen LogP contribution is -2.04. The molecule has 0 aliphatic carbocycles. The molecule has 0 bridgehead atoms. The van der Waals surface area contributed by atoms with E-state index in [1.54, 1.807) is 6.20 Å². The monoisotopic (exact) mass is 246 g/mol. The van der Waals surface area contributed by atoms with Crippen LogP contribution in [0, 0.1) is 13.8 Å². The van der Waals surface area contributed by atoms with Crippen LogP contribution in [-0.2, 0) is 6.61 Å². The third kappa shape index (κ3) is 2.00. The first kappa shape index (κ1) is 12.3. The zero-order valence-electron chi connectivity index (χ0n) is 10.2. The third-order valence-electron chi connectivity index (χ3n) is 2.99. The van der Waals surface area contributed by atoms with Gasteiger partial charge in [0, 0.05) is 11.8 Å². The van der Waals surface area contributed by atoms with Crippen molar-refractivity contribution in [2.24, 2.45) is 0 Å². The summed E-state index contributed by atoms with van der Waals surface area (Å²) < 4.78 is 1.50. The maximum Gasteiger partial charge on any atom is 0.356 e. The van der Waals surface area contributed by atoms with Gasteiger partial charge in [-0.05, 0) is 31.0 Å². The zero-order chi connectivity index (χ0) is 13.3. The Bertz CT molecular complexity index is 602. The minimum absolute atomic E-state index is 0.113. The molecular weight excluding hydrogens is 232 g/mol. The Labute approximate surface area is 104 Å². The van der Waals surface area contributed by atoms with E-state index in [4.69, 9.17) is 10.2 Å². The van der Waals surface area contributed by atoms with Gasteiger partial charge in [-0.15, -0.1) is 0 Å². The molecule has 0 radical (unpaired) electrons. The van der Waals surface area contributed by atoms with E-state index in [1.807, 2.05) is 32.0 Å². The summed E-state index contributed by atoms with van der Waals surface area (Å²) >= 11 is 0. The normalized spacial score (nSPS) is 10.6. The van der Waals surface area contributed by atoms with E-state index in [1.165, 1.54) is 4.68 Å². The van der Waals surface area contributed by atoms with Crippen molar-refractivity contribution in [2.75, 3.05) is 0 Å². The van der Waals surface area contributed by atoms with Gasteiger partial charge in [-0.1, -0.05) is 12.1 Å². The van der Waals surface area contributed by atoms with Crippen LogP contribution in [0.3, 0.4) is 0 Å². The molecule has 2 N–H and O–H groups in total. The highest BCUT2D eigenvalue weighted by molar-refractivity contribution is 5.87. The number of aromatic nitrogens is 2. The van der Waals surface area contributed by atoms with Gasteiger partial charge in [-0.2, -0.15) is 5.10 Å². The van der Waals surface area contributed by atoms with Crippen molar-refractivity contribution in [1.82, 2.24) is 9.78 Å². The number of benzene rings is 1. The second-order valence-electron chi connectivity index (χ2n) is 4.13. The molecule has 0 unspecified atom stereocenters. The molecule has 0 aliphatic rings. The number of carboxylic acids is 1. The standard InChI is InChI=1S/C13H14N2O3/c1-8-4-3-5-11(9(8)2)15-6-10(7-16)12(14-15)13(17)18/h3-6,16H,7H2,1-2H3,(H,17,18). The number of aromatic carboxylic acids is 1. The number of aryl methyl sites for hydroxylation is 1. The van der Waals surface area contributed by atoms with Crippen molar-refractivity contribution in [1.29, 1.82) is 0 Å². The Morgan fingerprint density at radius 3 is 2.67 bits per heavy atom. The topological polar surface area (TPSA) is 75.4 Å². The van der Waals surface area contributed by atoms with Gasteiger partial charge < -0.3 is 10.2 Å². The summed E-state index contributed by atoms with van der Waals surface area (Å²) in [6.07, 6.45) is 1.55. The molecule has 0 saturated carbocycles. The molecule has 0 atom stereocenters. The predicted molar refractivity (Wildman–Crippen MR) is 65.9 cm³/mol. The lowest BCUT2D eigenvalue weighted by Gasteiger charge is -2.07. The van der Waals surface area contributed by atoms with Crippen LogP contribution < -0.4 is 0 Å². The molecule has 0 amide bonds. The summed E-state index contributed by atoms with van der Waals surface area (Å²) in [6.45, 7) is 3.59. The van der Waals surface area contributed by atoms with Crippen LogP contribution in [0.4, 0.5) is 0 Å². The maximum absolute atomic E-state index is 11.0. The molecule has 5 heteroatoms. The molecule has 2 rings (SSSR count). The zero-order valence-corrected chi connectivity index (χ0v) is 10.2. The summed E-state index contributed by atoms with van der Waals surface area (Å²) in [5.41, 5.74) is 3.14. The largest absolute Gasteiger partial charge is 0.476 e. The number of rotatable bonds is 3. The van der Waals surface area contributed by atoms with E-state index in [-0.39, 0.29) is 12.3 Å². The Kier molecular flexibility index (Phi) is 3.16. The van der Waals surface area contributed by atoms with Crippen LogP contribution in [0.15, 0.2) is 24.4 Å². The number of hydrogen-bond donors (Lipinski definition) is 2. The molecule has 94 valence electrons. The first-order valence-corrected chi connectivity index (χ1v) is 5.54. The van der Waals surface area contributed by atoms with E-state index >= 15 is 0 Å².